The molecule has 8 nitrogen and oxygen atoms in total. The Bertz CT molecular complexity index is 775. The molecular formula is C17H25N3O5S2. The summed E-state index contributed by atoms with van der Waals surface area (Å²) in [4.78, 5) is 30.3. The maximum atomic E-state index is 12.5. The summed E-state index contributed by atoms with van der Waals surface area (Å²) in [7, 11) is -3.10. The lowest BCUT2D eigenvalue weighted by Gasteiger charge is -2.28. The first-order valence-electron chi connectivity index (χ1n) is 8.83. The monoisotopic (exact) mass is 415 g/mol. The minimum atomic E-state index is -3.10. The van der Waals surface area contributed by atoms with Crippen LogP contribution in [-0.4, -0.2) is 67.4 Å². The highest BCUT2D eigenvalue weighted by atomic mass is 32.2. The number of aromatic nitrogens is 1. The number of carbonyl (C=O) groups excluding carboxylic acids is 2. The van der Waals surface area contributed by atoms with Gasteiger partial charge in [0.1, 0.15) is 0 Å². The van der Waals surface area contributed by atoms with Crippen LogP contribution in [0.2, 0.25) is 0 Å². The van der Waals surface area contributed by atoms with Crippen molar-refractivity contribution in [1.29, 1.82) is 0 Å². The Morgan fingerprint density at radius 3 is 2.93 bits per heavy atom. The summed E-state index contributed by atoms with van der Waals surface area (Å²) >= 11 is 1.26. The molecule has 1 N–H and O–H groups in total. The first-order chi connectivity index (χ1) is 12.9. The second-order valence-electron chi connectivity index (χ2n) is 6.28. The molecule has 0 aromatic carbocycles. The van der Waals surface area contributed by atoms with Gasteiger partial charge in [-0.05, 0) is 12.8 Å². The molecule has 0 spiro atoms. The summed E-state index contributed by atoms with van der Waals surface area (Å²) in [6.45, 7) is 6.14. The zero-order valence-electron chi connectivity index (χ0n) is 15.3. The van der Waals surface area contributed by atoms with E-state index in [1.54, 1.807) is 16.4 Å². The van der Waals surface area contributed by atoms with E-state index in [0.717, 1.165) is 12.8 Å². The van der Waals surface area contributed by atoms with Gasteiger partial charge in [0.05, 0.1) is 11.5 Å². The Balaban J connectivity index is 1.93. The molecule has 1 amide bonds. The molecule has 1 saturated heterocycles. The van der Waals surface area contributed by atoms with Crippen LogP contribution in [-0.2, 0) is 19.4 Å². The summed E-state index contributed by atoms with van der Waals surface area (Å²) in [6.07, 6.45) is 3.74. The topological polar surface area (TPSA) is 106 Å². The van der Waals surface area contributed by atoms with Gasteiger partial charge < -0.3 is 15.0 Å². The van der Waals surface area contributed by atoms with Gasteiger partial charge in [-0.2, -0.15) is 0 Å². The van der Waals surface area contributed by atoms with Crippen molar-refractivity contribution in [3.05, 3.63) is 23.7 Å². The Morgan fingerprint density at radius 2 is 2.30 bits per heavy atom. The average molecular weight is 416 g/mol. The third-order valence-electron chi connectivity index (χ3n) is 4.16. The van der Waals surface area contributed by atoms with Crippen LogP contribution in [0.4, 0.5) is 5.13 Å². The van der Waals surface area contributed by atoms with Crippen molar-refractivity contribution in [2.24, 2.45) is 0 Å². The van der Waals surface area contributed by atoms with Crippen LogP contribution in [0.25, 0.3) is 0 Å². The van der Waals surface area contributed by atoms with E-state index in [4.69, 9.17) is 4.74 Å². The summed E-state index contributed by atoms with van der Waals surface area (Å²) in [5.41, 5.74) is 0.128. The Morgan fingerprint density at radius 1 is 1.52 bits per heavy atom. The van der Waals surface area contributed by atoms with Crippen LogP contribution in [0.3, 0.4) is 0 Å². The second-order valence-corrected chi connectivity index (χ2v) is 9.37. The molecule has 2 rings (SSSR count). The van der Waals surface area contributed by atoms with Gasteiger partial charge in [-0.1, -0.05) is 19.4 Å². The molecular weight excluding hydrogens is 390 g/mol. The van der Waals surface area contributed by atoms with E-state index in [1.807, 2.05) is 6.92 Å². The van der Waals surface area contributed by atoms with Gasteiger partial charge in [0.15, 0.2) is 27.3 Å². The Labute approximate surface area is 163 Å². The molecule has 0 saturated carbocycles. The summed E-state index contributed by atoms with van der Waals surface area (Å²) < 4.78 is 28.6. The maximum absolute atomic E-state index is 12.5. The lowest BCUT2D eigenvalue weighted by Crippen LogP contribution is -2.43. The number of nitrogens with zero attached hydrogens (tertiary/aromatic N) is 2. The molecule has 0 bridgehead atoms. The summed E-state index contributed by atoms with van der Waals surface area (Å²) in [5.74, 6) is -0.993. The van der Waals surface area contributed by atoms with Crippen LogP contribution < -0.4 is 5.32 Å². The normalized spacial score (nSPS) is 18.0. The number of anilines is 1. The molecule has 10 heteroatoms. The van der Waals surface area contributed by atoms with E-state index >= 15 is 0 Å². The second kappa shape index (κ2) is 9.84. The SMILES string of the molecule is C=CCNc1nc(C(=O)OCC(=O)N(CCCC)C2CCS(=O)(=O)C2)cs1. The molecule has 1 aromatic rings. The minimum Gasteiger partial charge on any atom is -0.451 e. The van der Waals surface area contributed by atoms with Gasteiger partial charge in [-0.25, -0.2) is 18.2 Å². The molecule has 1 fully saturated rings. The van der Waals surface area contributed by atoms with Gasteiger partial charge in [0.2, 0.25) is 0 Å². The zero-order valence-corrected chi connectivity index (χ0v) is 17.0. The Hall–Kier alpha value is -1.94. The fourth-order valence-electron chi connectivity index (χ4n) is 2.75. The molecule has 1 aliphatic heterocycles. The highest BCUT2D eigenvalue weighted by molar-refractivity contribution is 7.91. The summed E-state index contributed by atoms with van der Waals surface area (Å²) in [5, 5.41) is 5.09. The first-order valence-corrected chi connectivity index (χ1v) is 11.5. The summed E-state index contributed by atoms with van der Waals surface area (Å²) in [6, 6.07) is -0.346. The fourth-order valence-corrected chi connectivity index (χ4v) is 5.17. The van der Waals surface area contributed by atoms with Crippen molar-refractivity contribution >= 4 is 38.2 Å². The number of sulfone groups is 1. The lowest BCUT2D eigenvalue weighted by atomic mass is 10.2. The third-order valence-corrected chi connectivity index (χ3v) is 6.71. The smallest absolute Gasteiger partial charge is 0.358 e. The lowest BCUT2D eigenvalue weighted by molar-refractivity contribution is -0.136. The highest BCUT2D eigenvalue weighted by Crippen LogP contribution is 2.19. The van der Waals surface area contributed by atoms with Crippen molar-refractivity contribution in [3.8, 4) is 0 Å². The van der Waals surface area contributed by atoms with Crippen LogP contribution in [0, 0.1) is 0 Å². The average Bonchev–Trinajstić information content (AvgIpc) is 3.24. The predicted octanol–water partition coefficient (Wildman–Crippen LogP) is 1.71. The van der Waals surface area contributed by atoms with Crippen molar-refractivity contribution in [1.82, 2.24) is 9.88 Å². The molecule has 1 aliphatic rings. The van der Waals surface area contributed by atoms with E-state index in [-0.39, 0.29) is 29.1 Å². The van der Waals surface area contributed by atoms with E-state index in [1.165, 1.54) is 11.3 Å². The van der Waals surface area contributed by atoms with Crippen LogP contribution in [0.1, 0.15) is 36.7 Å². The minimum absolute atomic E-state index is 0.0270. The molecule has 150 valence electrons. The number of thiazole rings is 1. The van der Waals surface area contributed by atoms with Gasteiger partial charge in [0.25, 0.3) is 5.91 Å². The maximum Gasteiger partial charge on any atom is 0.358 e. The van der Waals surface area contributed by atoms with Gasteiger partial charge >= 0.3 is 5.97 Å². The number of hydrogen-bond donors (Lipinski definition) is 1. The van der Waals surface area contributed by atoms with Gasteiger partial charge in [-0.15, -0.1) is 17.9 Å². The van der Waals surface area contributed by atoms with Crippen molar-refractivity contribution in [2.45, 2.75) is 32.2 Å². The number of ether oxygens (including phenoxy) is 1. The highest BCUT2D eigenvalue weighted by Gasteiger charge is 2.34. The zero-order chi connectivity index (χ0) is 19.9. The molecule has 0 aliphatic carbocycles. The Kier molecular flexibility index (Phi) is 7.78. The number of hydrogen-bond acceptors (Lipinski definition) is 8. The number of amides is 1. The fraction of sp³-hybridized carbons (Fsp3) is 0.588. The number of carbonyl (C=O) groups is 2. The van der Waals surface area contributed by atoms with Crippen molar-refractivity contribution in [2.75, 3.05) is 36.5 Å². The largest absolute Gasteiger partial charge is 0.451 e. The van der Waals surface area contributed by atoms with E-state index in [0.29, 0.717) is 24.6 Å². The van der Waals surface area contributed by atoms with Crippen LogP contribution in [0.15, 0.2) is 18.0 Å². The molecule has 1 aromatic heterocycles. The number of esters is 1. The molecule has 1 unspecified atom stereocenters. The van der Waals surface area contributed by atoms with Crippen molar-refractivity contribution < 1.29 is 22.7 Å². The molecule has 27 heavy (non-hydrogen) atoms. The van der Waals surface area contributed by atoms with Crippen molar-refractivity contribution in [3.63, 3.8) is 0 Å². The quantitative estimate of drug-likeness (QED) is 0.458. The van der Waals surface area contributed by atoms with Crippen LogP contribution in [0.5, 0.6) is 0 Å². The van der Waals surface area contributed by atoms with Gasteiger partial charge in [-0.3, -0.25) is 4.79 Å². The van der Waals surface area contributed by atoms with Crippen LogP contribution >= 0.6 is 11.3 Å². The van der Waals surface area contributed by atoms with E-state index in [2.05, 4.69) is 16.9 Å². The number of unbranched alkanes of at least 4 members (excludes halogenated alkanes) is 1. The standard InChI is InChI=1S/C17H25N3O5S2/c1-3-5-8-20(13-6-9-27(23,24)12-13)15(21)10-25-16(22)14-11-26-17(19-14)18-7-4-2/h4,11,13H,2-3,5-10,12H2,1H3,(H,18,19). The number of rotatable bonds is 10. The molecule has 0 radical (unpaired) electrons. The predicted molar refractivity (Wildman–Crippen MR) is 105 cm³/mol. The first kappa shape index (κ1) is 21.4. The third kappa shape index (κ3) is 6.31. The molecule has 2 heterocycles. The van der Waals surface area contributed by atoms with Gasteiger partial charge in [0, 0.05) is 24.5 Å². The molecule has 1 atom stereocenters. The van der Waals surface area contributed by atoms with E-state index < -0.39 is 22.4 Å². The van der Waals surface area contributed by atoms with E-state index in [9.17, 15) is 18.0 Å². The number of nitrogens with one attached hydrogen (secondary N) is 1.